The number of hydrogen-bond acceptors (Lipinski definition) is 18. The molecule has 0 radical (unpaired) electrons. The molecule has 0 bridgehead atoms. The highest BCUT2D eigenvalue weighted by molar-refractivity contribution is 5.76. The number of rotatable bonds is 71. The number of allylic oxidation sites excluding steroid dienone is 14. The molecular formula is C90H161NO18. The fraction of sp³-hybridized carbons (Fsp3) is 0.833. The summed E-state index contributed by atoms with van der Waals surface area (Å²) in [7, 11) is 0. The van der Waals surface area contributed by atoms with Crippen molar-refractivity contribution in [1.82, 2.24) is 5.32 Å². The lowest BCUT2D eigenvalue weighted by Gasteiger charge is -2.48. The molecule has 3 fully saturated rings. The molecule has 0 aromatic heterocycles. The third-order valence-electron chi connectivity index (χ3n) is 21.7. The van der Waals surface area contributed by atoms with E-state index >= 15 is 0 Å². The molecule has 0 aromatic carbocycles. The van der Waals surface area contributed by atoms with Crippen molar-refractivity contribution < 1.29 is 89.4 Å². The topological polar surface area (TPSA) is 307 Å². The minimum atomic E-state index is -1.98. The van der Waals surface area contributed by atoms with Crippen LogP contribution in [0.25, 0.3) is 0 Å². The van der Waals surface area contributed by atoms with Crippen LogP contribution in [0.1, 0.15) is 348 Å². The summed E-state index contributed by atoms with van der Waals surface area (Å²) < 4.78 is 34.6. The van der Waals surface area contributed by atoms with Gasteiger partial charge in [-0.2, -0.15) is 0 Å². The third kappa shape index (κ3) is 48.2. The lowest BCUT2D eigenvalue weighted by molar-refractivity contribution is -0.379. The van der Waals surface area contributed by atoms with E-state index in [1.54, 1.807) is 0 Å². The first-order valence-electron chi connectivity index (χ1n) is 44.3. The first-order valence-corrected chi connectivity index (χ1v) is 44.3. The Balaban J connectivity index is 1.32. The Morgan fingerprint density at radius 1 is 0.339 bits per heavy atom. The van der Waals surface area contributed by atoms with E-state index in [1.807, 2.05) is 0 Å². The lowest BCUT2D eigenvalue weighted by Crippen LogP contribution is -2.66. The molecule has 19 heteroatoms. The summed E-state index contributed by atoms with van der Waals surface area (Å²) in [5.41, 5.74) is 0. The molecule has 3 saturated heterocycles. The van der Waals surface area contributed by atoms with Crippen LogP contribution in [-0.2, 0) is 33.2 Å². The Labute approximate surface area is 661 Å². The molecule has 634 valence electrons. The Morgan fingerprint density at radius 3 is 0.991 bits per heavy atom. The molecule has 1 amide bonds. The number of carbonyl (C=O) groups excluding carboxylic acids is 1. The fourth-order valence-electron chi connectivity index (χ4n) is 14.7. The summed E-state index contributed by atoms with van der Waals surface area (Å²) in [5.74, 6) is -0.240. The van der Waals surface area contributed by atoms with Crippen molar-refractivity contribution in [2.45, 2.75) is 452 Å². The van der Waals surface area contributed by atoms with Gasteiger partial charge in [-0.05, 0) is 70.6 Å². The number of aliphatic hydroxyl groups is 11. The van der Waals surface area contributed by atoms with Gasteiger partial charge in [0.2, 0.25) is 5.91 Å². The lowest BCUT2D eigenvalue weighted by atomic mass is 9.96. The highest BCUT2D eigenvalue weighted by Gasteiger charge is 2.54. The Bertz CT molecular complexity index is 2300. The van der Waals surface area contributed by atoms with E-state index in [0.717, 1.165) is 96.3 Å². The van der Waals surface area contributed by atoms with E-state index in [-0.39, 0.29) is 18.9 Å². The van der Waals surface area contributed by atoms with Crippen LogP contribution in [0.2, 0.25) is 0 Å². The van der Waals surface area contributed by atoms with Gasteiger partial charge >= 0.3 is 0 Å². The number of unbranched alkanes of at least 4 members (excludes halogenated alkanes) is 41. The maximum absolute atomic E-state index is 13.5. The second-order valence-electron chi connectivity index (χ2n) is 31.3. The third-order valence-corrected chi connectivity index (χ3v) is 21.7. The quantitative estimate of drug-likeness (QED) is 0.0199. The van der Waals surface area contributed by atoms with Crippen molar-refractivity contribution in [3.8, 4) is 0 Å². The van der Waals surface area contributed by atoms with E-state index in [4.69, 9.17) is 28.4 Å². The zero-order valence-electron chi connectivity index (χ0n) is 68.3. The van der Waals surface area contributed by atoms with Gasteiger partial charge in [0.15, 0.2) is 18.9 Å². The standard InChI is InChI=1S/C90H161NO18/c1-3-5-7-9-11-13-15-17-19-21-23-25-27-29-31-32-33-34-35-36-37-38-39-40-42-44-46-48-50-52-54-56-58-60-62-64-66-68-78(96)91-73(74(95)67-65-63-61-59-57-55-53-51-49-47-45-43-41-30-28-26-24-22-20-18-16-14-12-10-8-6-4-2)72-104-88-84(102)81(99)86(76(70-93)106-88)109-90-85(103)82(100)87(77(71-94)107-90)108-89-83(101)80(98)79(97)75(69-92)105-89/h5,7,11,13,17,19,23,25,29,31,33-34,36-37,73-77,79-90,92-95,97-103H,3-4,6,8-10,12,14-16,18,20-22,24,26-28,30,32,35,38-72H2,1-2H3,(H,91,96)/b7-5-,13-11-,19-17-,25-23-,31-29-,34-33-,37-36-. The molecule has 12 N–H and O–H groups in total. The number of carbonyl (C=O) groups is 1. The second-order valence-corrected chi connectivity index (χ2v) is 31.3. The highest BCUT2D eigenvalue weighted by atomic mass is 16.8. The number of aliphatic hydroxyl groups excluding tert-OH is 11. The van der Waals surface area contributed by atoms with Crippen LogP contribution < -0.4 is 5.32 Å². The van der Waals surface area contributed by atoms with Crippen molar-refractivity contribution in [2.24, 2.45) is 0 Å². The molecule has 109 heavy (non-hydrogen) atoms. The van der Waals surface area contributed by atoms with Crippen LogP contribution in [0.4, 0.5) is 0 Å². The van der Waals surface area contributed by atoms with Crippen molar-refractivity contribution in [2.75, 3.05) is 26.4 Å². The van der Waals surface area contributed by atoms with Gasteiger partial charge in [-0.25, -0.2) is 0 Å². The van der Waals surface area contributed by atoms with Crippen LogP contribution >= 0.6 is 0 Å². The number of amides is 1. The minimum Gasteiger partial charge on any atom is -0.394 e. The zero-order valence-corrected chi connectivity index (χ0v) is 68.3. The Hall–Kier alpha value is -3.03. The van der Waals surface area contributed by atoms with Gasteiger partial charge in [-0.15, -0.1) is 0 Å². The number of hydrogen-bond donors (Lipinski definition) is 12. The van der Waals surface area contributed by atoms with Gasteiger partial charge in [0.25, 0.3) is 0 Å². The van der Waals surface area contributed by atoms with Gasteiger partial charge in [0.05, 0.1) is 38.6 Å². The average molecular weight is 1550 g/mol. The largest absolute Gasteiger partial charge is 0.394 e. The van der Waals surface area contributed by atoms with Crippen molar-refractivity contribution in [3.63, 3.8) is 0 Å². The van der Waals surface area contributed by atoms with Gasteiger partial charge in [-0.1, -0.05) is 356 Å². The average Bonchev–Trinajstić information content (AvgIpc) is 0.760. The normalized spacial score (nSPS) is 25.7. The summed E-state index contributed by atoms with van der Waals surface area (Å²) in [6.07, 6.45) is 66.8. The maximum Gasteiger partial charge on any atom is 0.220 e. The van der Waals surface area contributed by atoms with E-state index in [1.165, 1.54) is 218 Å². The number of ether oxygens (including phenoxy) is 6. The van der Waals surface area contributed by atoms with Crippen LogP contribution in [-0.4, -0.2) is 193 Å². The molecule has 17 atom stereocenters. The fourth-order valence-corrected chi connectivity index (χ4v) is 14.7. The van der Waals surface area contributed by atoms with Crippen molar-refractivity contribution >= 4 is 5.91 Å². The van der Waals surface area contributed by atoms with Crippen molar-refractivity contribution in [1.29, 1.82) is 0 Å². The van der Waals surface area contributed by atoms with Crippen LogP contribution in [0, 0.1) is 0 Å². The smallest absolute Gasteiger partial charge is 0.220 e. The van der Waals surface area contributed by atoms with Gasteiger partial charge in [0, 0.05) is 6.42 Å². The van der Waals surface area contributed by atoms with Crippen LogP contribution in [0.3, 0.4) is 0 Å². The minimum absolute atomic E-state index is 0.240. The Morgan fingerprint density at radius 2 is 0.633 bits per heavy atom. The molecule has 0 aromatic rings. The van der Waals surface area contributed by atoms with Gasteiger partial charge in [-0.3, -0.25) is 4.79 Å². The zero-order chi connectivity index (χ0) is 78.8. The first-order chi connectivity index (χ1) is 53.3. The van der Waals surface area contributed by atoms with Crippen LogP contribution in [0.15, 0.2) is 85.1 Å². The highest BCUT2D eigenvalue weighted by Crippen LogP contribution is 2.34. The molecule has 0 aliphatic carbocycles. The molecule has 3 aliphatic heterocycles. The van der Waals surface area contributed by atoms with E-state index in [2.05, 4.69) is 104 Å². The molecule has 19 nitrogen and oxygen atoms in total. The molecule has 3 rings (SSSR count). The summed E-state index contributed by atoms with van der Waals surface area (Å²) in [6, 6.07) is -0.893. The first kappa shape index (κ1) is 100. The summed E-state index contributed by atoms with van der Waals surface area (Å²) in [6.45, 7) is 1.73. The molecule has 0 spiro atoms. The van der Waals surface area contributed by atoms with Gasteiger partial charge in [0.1, 0.15) is 73.2 Å². The van der Waals surface area contributed by atoms with E-state index in [9.17, 15) is 61.0 Å². The summed E-state index contributed by atoms with van der Waals surface area (Å²) in [5, 5.41) is 121. The monoisotopic (exact) mass is 1540 g/mol. The second kappa shape index (κ2) is 69.3. The molecule has 0 saturated carbocycles. The molecule has 17 unspecified atom stereocenters. The maximum atomic E-state index is 13.5. The summed E-state index contributed by atoms with van der Waals surface area (Å²) in [4.78, 5) is 13.5. The SMILES string of the molecule is CC/C=C\C/C=C\C/C=C\C/C=C\C/C=C\C/C=C\C/C=C\CCCCCCCCCCCCCCCCCC(=O)NC(COC1OC(CO)C(OC2OC(CO)C(OC3OC(CO)C(O)C(O)C3O)C(O)C2O)C(O)C1O)C(O)CCCCCCCCCCCCCCCCCCCCCCCCCCCCC. The van der Waals surface area contributed by atoms with Crippen molar-refractivity contribution in [3.05, 3.63) is 85.1 Å². The van der Waals surface area contributed by atoms with Gasteiger partial charge < -0.3 is 89.9 Å². The van der Waals surface area contributed by atoms with E-state index in [0.29, 0.717) is 12.8 Å². The van der Waals surface area contributed by atoms with E-state index < -0.39 is 124 Å². The molecule has 3 heterocycles. The van der Waals surface area contributed by atoms with Crippen LogP contribution in [0.5, 0.6) is 0 Å². The predicted octanol–water partition coefficient (Wildman–Crippen LogP) is 16.5. The Kier molecular flexibility index (Phi) is 63.7. The molecule has 3 aliphatic rings. The molecular weight excluding hydrogens is 1380 g/mol. The number of nitrogens with one attached hydrogen (secondary N) is 1. The summed E-state index contributed by atoms with van der Waals surface area (Å²) >= 11 is 0. The predicted molar refractivity (Wildman–Crippen MR) is 438 cm³/mol.